The monoisotopic (exact) mass is 596 g/mol. The minimum Gasteiger partial charge on any atom is -0.489 e. The van der Waals surface area contributed by atoms with E-state index in [9.17, 15) is 22.8 Å². The molecule has 0 aliphatic carbocycles. The Kier molecular flexibility index (Phi) is 8.42. The van der Waals surface area contributed by atoms with Gasteiger partial charge in [-0.15, -0.1) is 0 Å². The number of carbonyl (C=O) groups excluding carboxylic acids is 2. The number of para-hydroxylation sites is 1. The van der Waals surface area contributed by atoms with E-state index < -0.39 is 29.4 Å². The lowest BCUT2D eigenvalue weighted by Crippen LogP contribution is -2.62. The quantitative estimate of drug-likeness (QED) is 0.353. The minimum absolute atomic E-state index is 0.0539. The van der Waals surface area contributed by atoms with E-state index in [1.807, 2.05) is 54.6 Å². The zero-order valence-corrected chi connectivity index (χ0v) is 24.4. The van der Waals surface area contributed by atoms with Gasteiger partial charge < -0.3 is 24.4 Å². The highest BCUT2D eigenvalue weighted by atomic mass is 19.4. The Morgan fingerprint density at radius 3 is 2.26 bits per heavy atom. The number of nitrogens with zero attached hydrogens (tertiary/aromatic N) is 1. The molecule has 2 aliphatic rings. The predicted octanol–water partition coefficient (Wildman–Crippen LogP) is 6.17. The van der Waals surface area contributed by atoms with Crippen LogP contribution in [0.2, 0.25) is 0 Å². The summed E-state index contributed by atoms with van der Waals surface area (Å²) in [5, 5.41) is 2.76. The fraction of sp³-hybridized carbons (Fsp3) is 0.394. The highest BCUT2D eigenvalue weighted by molar-refractivity contribution is 5.88. The van der Waals surface area contributed by atoms with E-state index in [1.165, 1.54) is 17.0 Å². The molecule has 228 valence electrons. The summed E-state index contributed by atoms with van der Waals surface area (Å²) in [5.41, 5.74) is -1.50. The number of carbonyl (C=O) groups is 2. The van der Waals surface area contributed by atoms with Crippen LogP contribution in [0, 0.1) is 13.8 Å². The number of amides is 2. The standard InChI is InChI=1S/C33H35F3N2O5/c1-22-17-23(2)19-25(18-22)32(41-3,33(34,35)36)29(39)38-15-13-31(14-16-38)27(20-37-30(40)43-31)26-11-7-8-12-28(26)42-21-24-9-5-4-6-10-24/h4-12,17-19,27H,13-16,20-21H2,1-3H3,(H,37,40)/t27-,32+/m0/s1. The fourth-order valence-electron chi connectivity index (χ4n) is 6.36. The molecule has 7 nitrogen and oxygen atoms in total. The maximum Gasteiger partial charge on any atom is 0.430 e. The molecule has 43 heavy (non-hydrogen) atoms. The van der Waals surface area contributed by atoms with E-state index in [2.05, 4.69) is 5.32 Å². The van der Waals surface area contributed by atoms with Crippen molar-refractivity contribution in [3.8, 4) is 5.75 Å². The first-order valence-corrected chi connectivity index (χ1v) is 14.2. The van der Waals surface area contributed by atoms with Gasteiger partial charge in [-0.2, -0.15) is 13.2 Å². The molecule has 2 fully saturated rings. The molecule has 0 saturated carbocycles. The van der Waals surface area contributed by atoms with Crippen molar-refractivity contribution in [3.63, 3.8) is 0 Å². The summed E-state index contributed by atoms with van der Waals surface area (Å²) < 4.78 is 61.6. The van der Waals surface area contributed by atoms with Gasteiger partial charge in [0.1, 0.15) is 18.0 Å². The maximum absolute atomic E-state index is 14.8. The molecule has 2 aliphatic heterocycles. The van der Waals surface area contributed by atoms with Crippen molar-refractivity contribution in [2.24, 2.45) is 0 Å². The SMILES string of the molecule is CO[C@@](C(=O)N1CCC2(CC1)OC(=O)NC[C@H]2c1ccccc1OCc1ccccc1)(c1cc(C)cc(C)c1)C(F)(F)F. The molecule has 0 aromatic heterocycles. The van der Waals surface area contributed by atoms with Crippen molar-refractivity contribution in [2.45, 2.75) is 56.6 Å². The van der Waals surface area contributed by atoms with Crippen molar-refractivity contribution in [3.05, 3.63) is 101 Å². The number of likely N-dealkylation sites (tertiary alicyclic amines) is 1. The Hall–Kier alpha value is -4.05. The first kappa shape index (κ1) is 30.4. The van der Waals surface area contributed by atoms with E-state index >= 15 is 0 Å². The molecule has 3 aromatic rings. The van der Waals surface area contributed by atoms with Crippen molar-refractivity contribution >= 4 is 12.0 Å². The number of methoxy groups -OCH3 is 1. The lowest BCUT2D eigenvalue weighted by molar-refractivity contribution is -0.271. The third-order valence-corrected chi connectivity index (χ3v) is 8.44. The maximum atomic E-state index is 14.8. The van der Waals surface area contributed by atoms with Crippen LogP contribution in [0.25, 0.3) is 0 Å². The lowest BCUT2D eigenvalue weighted by Gasteiger charge is -2.49. The topological polar surface area (TPSA) is 77.1 Å². The zero-order chi connectivity index (χ0) is 30.8. The fourth-order valence-corrected chi connectivity index (χ4v) is 6.36. The highest BCUT2D eigenvalue weighted by Gasteiger charge is 2.64. The number of alkyl carbamates (subject to hydrolysis) is 1. The summed E-state index contributed by atoms with van der Waals surface area (Å²) >= 11 is 0. The molecule has 1 N–H and O–H groups in total. The number of benzene rings is 3. The van der Waals surface area contributed by atoms with Gasteiger partial charge in [0.25, 0.3) is 11.5 Å². The Balaban J connectivity index is 1.42. The van der Waals surface area contributed by atoms with Crippen molar-refractivity contribution in [1.29, 1.82) is 0 Å². The van der Waals surface area contributed by atoms with Crippen molar-refractivity contribution < 1.29 is 37.0 Å². The highest BCUT2D eigenvalue weighted by Crippen LogP contribution is 2.48. The number of ether oxygens (including phenoxy) is 3. The second-order valence-electron chi connectivity index (χ2n) is 11.3. The van der Waals surface area contributed by atoms with Gasteiger partial charge in [-0.25, -0.2) is 4.79 Å². The number of rotatable bonds is 7. The van der Waals surface area contributed by atoms with Crippen LogP contribution in [-0.4, -0.2) is 55.4 Å². The average Bonchev–Trinajstić information content (AvgIpc) is 2.97. The van der Waals surface area contributed by atoms with Crippen LogP contribution in [0.1, 0.15) is 46.6 Å². The van der Waals surface area contributed by atoms with Crippen LogP contribution >= 0.6 is 0 Å². The first-order valence-electron chi connectivity index (χ1n) is 14.2. The molecule has 0 unspecified atom stereocenters. The Morgan fingerprint density at radius 1 is 1.00 bits per heavy atom. The van der Waals surface area contributed by atoms with Crippen molar-refractivity contribution in [1.82, 2.24) is 10.2 Å². The molecule has 2 atom stereocenters. The normalized spacial score (nSPS) is 19.7. The van der Waals surface area contributed by atoms with Gasteiger partial charge in [0, 0.05) is 56.6 Å². The summed E-state index contributed by atoms with van der Waals surface area (Å²) in [6, 6.07) is 21.6. The van der Waals surface area contributed by atoms with Crippen LogP contribution in [-0.2, 0) is 26.5 Å². The number of hydrogen-bond donors (Lipinski definition) is 1. The van der Waals surface area contributed by atoms with E-state index in [0.29, 0.717) is 23.5 Å². The first-order chi connectivity index (χ1) is 20.5. The molecule has 0 radical (unpaired) electrons. The number of alkyl halides is 3. The Bertz CT molecular complexity index is 1450. The summed E-state index contributed by atoms with van der Waals surface area (Å²) in [7, 11) is 0.908. The molecule has 1 spiro atoms. The molecule has 5 rings (SSSR count). The van der Waals surface area contributed by atoms with Gasteiger partial charge >= 0.3 is 12.3 Å². The Morgan fingerprint density at radius 2 is 1.63 bits per heavy atom. The smallest absolute Gasteiger partial charge is 0.430 e. The van der Waals surface area contributed by atoms with E-state index in [0.717, 1.165) is 18.2 Å². The summed E-state index contributed by atoms with van der Waals surface area (Å²) in [4.78, 5) is 27.5. The van der Waals surface area contributed by atoms with Crippen LogP contribution in [0.5, 0.6) is 5.75 Å². The summed E-state index contributed by atoms with van der Waals surface area (Å²) in [6.07, 6.45) is -5.33. The lowest BCUT2D eigenvalue weighted by atomic mass is 9.74. The number of aryl methyl sites for hydroxylation is 2. The molecule has 2 heterocycles. The van der Waals surface area contributed by atoms with Gasteiger partial charge in [-0.05, 0) is 25.5 Å². The van der Waals surface area contributed by atoms with Crippen molar-refractivity contribution in [2.75, 3.05) is 26.7 Å². The molecule has 10 heteroatoms. The molecule has 2 amide bonds. The van der Waals surface area contributed by atoms with E-state index in [4.69, 9.17) is 14.2 Å². The number of piperidine rings is 1. The second kappa shape index (κ2) is 11.9. The molecule has 0 bridgehead atoms. The Labute approximate surface area is 248 Å². The number of nitrogens with one attached hydrogen (secondary N) is 1. The molecule has 2 saturated heterocycles. The predicted molar refractivity (Wildman–Crippen MR) is 154 cm³/mol. The number of hydrogen-bond acceptors (Lipinski definition) is 5. The number of halogens is 3. The van der Waals surface area contributed by atoms with Gasteiger partial charge in [-0.1, -0.05) is 77.9 Å². The van der Waals surface area contributed by atoms with Crippen LogP contribution in [0.3, 0.4) is 0 Å². The van der Waals surface area contributed by atoms with Gasteiger partial charge in [-0.3, -0.25) is 4.79 Å². The van der Waals surface area contributed by atoms with Crippen LogP contribution < -0.4 is 10.1 Å². The summed E-state index contributed by atoms with van der Waals surface area (Å²) in [6.45, 7) is 3.84. The van der Waals surface area contributed by atoms with E-state index in [-0.39, 0.29) is 44.0 Å². The van der Waals surface area contributed by atoms with Gasteiger partial charge in [0.15, 0.2) is 0 Å². The van der Waals surface area contributed by atoms with Gasteiger partial charge in [0.2, 0.25) is 0 Å². The minimum atomic E-state index is -5.02. The second-order valence-corrected chi connectivity index (χ2v) is 11.3. The zero-order valence-electron chi connectivity index (χ0n) is 24.4. The molecule has 3 aromatic carbocycles. The van der Waals surface area contributed by atoms with Crippen LogP contribution in [0.15, 0.2) is 72.8 Å². The third kappa shape index (κ3) is 5.80. The van der Waals surface area contributed by atoms with Crippen LogP contribution in [0.4, 0.5) is 18.0 Å². The third-order valence-electron chi connectivity index (χ3n) is 8.44. The van der Waals surface area contributed by atoms with Gasteiger partial charge in [0.05, 0.1) is 0 Å². The molecular formula is C33H35F3N2O5. The molecular weight excluding hydrogens is 561 g/mol. The average molecular weight is 597 g/mol. The van der Waals surface area contributed by atoms with E-state index in [1.54, 1.807) is 19.9 Å². The largest absolute Gasteiger partial charge is 0.489 e. The summed E-state index contributed by atoms with van der Waals surface area (Å²) in [5.74, 6) is -0.923.